The van der Waals surface area contributed by atoms with Crippen LogP contribution >= 0.6 is 11.3 Å². The molecule has 0 unspecified atom stereocenters. The van der Waals surface area contributed by atoms with Crippen LogP contribution in [0, 0.1) is 17.1 Å². The number of unbranched alkanes of at least 4 members (excludes halogenated alkanes) is 1. The van der Waals surface area contributed by atoms with Crippen LogP contribution in [0.2, 0.25) is 0 Å². The molecule has 128 valence electrons. The zero-order chi connectivity index (χ0) is 17.8. The molecule has 0 spiro atoms. The van der Waals surface area contributed by atoms with Crippen molar-refractivity contribution in [2.75, 3.05) is 0 Å². The van der Waals surface area contributed by atoms with E-state index in [1.54, 1.807) is 22.8 Å². The van der Waals surface area contributed by atoms with Crippen LogP contribution in [-0.4, -0.2) is 9.55 Å². The Hall–Kier alpha value is -2.52. The van der Waals surface area contributed by atoms with Gasteiger partial charge >= 0.3 is 0 Å². The highest BCUT2D eigenvalue weighted by Crippen LogP contribution is 2.23. The number of nitriles is 1. The average molecular weight is 355 g/mol. The van der Waals surface area contributed by atoms with Crippen LogP contribution in [0.5, 0.6) is 0 Å². The minimum absolute atomic E-state index is 0.106. The first-order valence-corrected chi connectivity index (χ1v) is 9.08. The van der Waals surface area contributed by atoms with E-state index in [0.717, 1.165) is 11.3 Å². The molecule has 4 nitrogen and oxygen atoms in total. The first kappa shape index (κ1) is 17.3. The molecule has 0 atom stereocenters. The fourth-order valence-electron chi connectivity index (χ4n) is 2.78. The fraction of sp³-hybridized carbons (Fsp3) is 0.316. The minimum Gasteiger partial charge on any atom is -0.296 e. The molecule has 3 aromatic rings. The van der Waals surface area contributed by atoms with Gasteiger partial charge in [-0.1, -0.05) is 25.1 Å². The van der Waals surface area contributed by atoms with Crippen LogP contribution < -0.4 is 5.56 Å². The predicted molar refractivity (Wildman–Crippen MR) is 97.3 cm³/mol. The standard InChI is InChI=1S/C19H18FN3OS/c1-2-14-12-15-18(25-14)22-17(11-13-7-3-4-8-16(13)20)23(19(15)24)10-6-5-9-21/h3-4,7-8,12H,2,5-6,10-11H2,1H3. The summed E-state index contributed by atoms with van der Waals surface area (Å²) in [6, 6.07) is 10.5. The van der Waals surface area contributed by atoms with Gasteiger partial charge in [0.2, 0.25) is 0 Å². The molecule has 0 fully saturated rings. The number of halogens is 1. The number of rotatable bonds is 6. The van der Waals surface area contributed by atoms with E-state index in [9.17, 15) is 9.18 Å². The monoisotopic (exact) mass is 355 g/mol. The number of fused-ring (bicyclic) bond motifs is 1. The molecule has 2 aromatic heterocycles. The van der Waals surface area contributed by atoms with Gasteiger partial charge in [-0.05, 0) is 30.5 Å². The number of hydrogen-bond donors (Lipinski definition) is 0. The lowest BCUT2D eigenvalue weighted by molar-refractivity contribution is 0.582. The van der Waals surface area contributed by atoms with Gasteiger partial charge in [-0.3, -0.25) is 9.36 Å². The minimum atomic E-state index is -0.305. The molecule has 0 aliphatic rings. The van der Waals surface area contributed by atoms with Gasteiger partial charge in [0.25, 0.3) is 5.56 Å². The second-order valence-corrected chi connectivity index (χ2v) is 6.91. The largest absolute Gasteiger partial charge is 0.296 e. The molecule has 0 amide bonds. The summed E-state index contributed by atoms with van der Waals surface area (Å²) in [5, 5.41) is 9.37. The second kappa shape index (κ2) is 7.58. The number of benzene rings is 1. The number of hydrogen-bond acceptors (Lipinski definition) is 4. The molecule has 3 rings (SSSR count). The van der Waals surface area contributed by atoms with Gasteiger partial charge in [0.1, 0.15) is 16.5 Å². The van der Waals surface area contributed by atoms with Crippen LogP contribution in [0.4, 0.5) is 4.39 Å². The Morgan fingerprint density at radius 3 is 2.88 bits per heavy atom. The van der Waals surface area contributed by atoms with E-state index in [2.05, 4.69) is 11.1 Å². The number of thiophene rings is 1. The first-order chi connectivity index (χ1) is 12.1. The molecule has 0 radical (unpaired) electrons. The molecule has 0 saturated carbocycles. The zero-order valence-electron chi connectivity index (χ0n) is 14.0. The molecule has 0 aliphatic carbocycles. The Balaban J connectivity index is 2.10. The van der Waals surface area contributed by atoms with Crippen molar-refractivity contribution < 1.29 is 4.39 Å². The third-order valence-corrected chi connectivity index (χ3v) is 5.28. The van der Waals surface area contributed by atoms with E-state index < -0.39 is 0 Å². The van der Waals surface area contributed by atoms with Crippen LogP contribution in [0.25, 0.3) is 10.2 Å². The highest BCUT2D eigenvalue weighted by atomic mass is 32.1. The number of aromatic nitrogens is 2. The van der Waals surface area contributed by atoms with E-state index in [1.807, 2.05) is 13.0 Å². The summed E-state index contributed by atoms with van der Waals surface area (Å²) in [5.41, 5.74) is 0.403. The maximum atomic E-state index is 14.0. The Bertz CT molecular complexity index is 1000. The van der Waals surface area contributed by atoms with Crippen molar-refractivity contribution in [1.82, 2.24) is 9.55 Å². The SMILES string of the molecule is CCc1cc2c(=O)n(CCCC#N)c(Cc3ccccc3F)nc2s1. The summed E-state index contributed by atoms with van der Waals surface area (Å²) in [7, 11) is 0. The summed E-state index contributed by atoms with van der Waals surface area (Å²) in [4.78, 5) is 19.4. The van der Waals surface area contributed by atoms with Crippen LogP contribution in [0.15, 0.2) is 35.1 Å². The molecule has 25 heavy (non-hydrogen) atoms. The number of nitrogens with zero attached hydrogens (tertiary/aromatic N) is 3. The Labute approximate surface area is 149 Å². The summed E-state index contributed by atoms with van der Waals surface area (Å²) >= 11 is 1.51. The molecule has 0 bridgehead atoms. The Morgan fingerprint density at radius 2 is 2.16 bits per heavy atom. The normalized spacial score (nSPS) is 10.9. The van der Waals surface area contributed by atoms with Crippen molar-refractivity contribution >= 4 is 21.6 Å². The third-order valence-electron chi connectivity index (χ3n) is 4.11. The van der Waals surface area contributed by atoms with E-state index in [-0.39, 0.29) is 17.8 Å². The van der Waals surface area contributed by atoms with Gasteiger partial charge in [0.05, 0.1) is 11.5 Å². The van der Waals surface area contributed by atoms with E-state index in [1.165, 1.54) is 17.4 Å². The van der Waals surface area contributed by atoms with Gasteiger partial charge in [0, 0.05) is 24.3 Å². The van der Waals surface area contributed by atoms with E-state index in [0.29, 0.717) is 41.0 Å². The summed E-state index contributed by atoms with van der Waals surface area (Å²) < 4.78 is 15.6. The van der Waals surface area contributed by atoms with Crippen LogP contribution in [0.1, 0.15) is 36.0 Å². The number of aryl methyl sites for hydroxylation is 1. The van der Waals surface area contributed by atoms with Crippen molar-refractivity contribution in [1.29, 1.82) is 5.26 Å². The van der Waals surface area contributed by atoms with Crippen molar-refractivity contribution in [3.63, 3.8) is 0 Å². The lowest BCUT2D eigenvalue weighted by Gasteiger charge is -2.12. The van der Waals surface area contributed by atoms with Crippen molar-refractivity contribution in [3.05, 3.63) is 62.8 Å². The highest BCUT2D eigenvalue weighted by molar-refractivity contribution is 7.18. The third kappa shape index (κ3) is 3.62. The Morgan fingerprint density at radius 1 is 1.36 bits per heavy atom. The van der Waals surface area contributed by atoms with Crippen LogP contribution in [0.3, 0.4) is 0 Å². The highest BCUT2D eigenvalue weighted by Gasteiger charge is 2.15. The molecule has 0 saturated heterocycles. The summed E-state index contributed by atoms with van der Waals surface area (Å²) in [6.45, 7) is 2.45. The topological polar surface area (TPSA) is 58.7 Å². The lowest BCUT2D eigenvalue weighted by atomic mass is 10.1. The van der Waals surface area contributed by atoms with Crippen molar-refractivity contribution in [3.8, 4) is 6.07 Å². The molecule has 0 aliphatic heterocycles. The average Bonchev–Trinajstić information content (AvgIpc) is 3.03. The molecular weight excluding hydrogens is 337 g/mol. The van der Waals surface area contributed by atoms with Crippen molar-refractivity contribution in [2.24, 2.45) is 0 Å². The second-order valence-electron chi connectivity index (χ2n) is 5.80. The molecule has 0 N–H and O–H groups in total. The molecular formula is C19H18FN3OS. The van der Waals surface area contributed by atoms with Gasteiger partial charge in [-0.25, -0.2) is 9.37 Å². The molecule has 1 aromatic carbocycles. The summed E-state index contributed by atoms with van der Waals surface area (Å²) in [5.74, 6) is 0.242. The zero-order valence-corrected chi connectivity index (χ0v) is 14.8. The van der Waals surface area contributed by atoms with E-state index >= 15 is 0 Å². The van der Waals surface area contributed by atoms with Crippen molar-refractivity contribution in [2.45, 2.75) is 39.2 Å². The lowest BCUT2D eigenvalue weighted by Crippen LogP contribution is -2.25. The van der Waals surface area contributed by atoms with E-state index in [4.69, 9.17) is 5.26 Å². The van der Waals surface area contributed by atoms with Gasteiger partial charge in [-0.2, -0.15) is 5.26 Å². The van der Waals surface area contributed by atoms with Crippen LogP contribution in [-0.2, 0) is 19.4 Å². The van der Waals surface area contributed by atoms with Gasteiger partial charge in [0.15, 0.2) is 0 Å². The maximum Gasteiger partial charge on any atom is 0.262 e. The van der Waals surface area contributed by atoms with Gasteiger partial charge in [-0.15, -0.1) is 11.3 Å². The maximum absolute atomic E-state index is 14.0. The summed E-state index contributed by atoms with van der Waals surface area (Å²) in [6.07, 6.45) is 2.04. The predicted octanol–water partition coefficient (Wildman–Crippen LogP) is 4.05. The van der Waals surface area contributed by atoms with Gasteiger partial charge < -0.3 is 0 Å². The Kier molecular flexibility index (Phi) is 5.25. The smallest absolute Gasteiger partial charge is 0.262 e. The first-order valence-electron chi connectivity index (χ1n) is 8.26. The molecule has 6 heteroatoms. The fourth-order valence-corrected chi connectivity index (χ4v) is 3.75. The molecule has 2 heterocycles. The quantitative estimate of drug-likeness (QED) is 0.627.